The summed E-state index contributed by atoms with van der Waals surface area (Å²) in [7, 11) is -2.71. The predicted molar refractivity (Wildman–Crippen MR) is 287 cm³/mol. The molecule has 0 aliphatic carbocycles. The molecule has 12 rings (SSSR count). The highest BCUT2D eigenvalue weighted by atomic mass is 28.3. The van der Waals surface area contributed by atoms with Crippen LogP contribution in [0.3, 0.4) is 0 Å². The van der Waals surface area contributed by atoms with Crippen LogP contribution in [0.1, 0.15) is 0 Å². The summed E-state index contributed by atoms with van der Waals surface area (Å²) in [5, 5.41) is 10.3. The number of anilines is 3. The molecule has 0 fully saturated rings. The molecular weight excluding hydrogens is 825 g/mol. The summed E-state index contributed by atoms with van der Waals surface area (Å²) in [6.07, 6.45) is 0. The zero-order chi connectivity index (χ0) is 44.6. The van der Waals surface area contributed by atoms with Crippen molar-refractivity contribution in [3.05, 3.63) is 279 Å². The topological polar surface area (TPSA) is 8.17 Å². The van der Waals surface area contributed by atoms with Crippen LogP contribution in [0.5, 0.6) is 0 Å². The zero-order valence-corrected chi connectivity index (χ0v) is 38.0. The van der Waals surface area contributed by atoms with E-state index >= 15 is 0 Å². The van der Waals surface area contributed by atoms with Crippen molar-refractivity contribution >= 4 is 78.5 Å². The van der Waals surface area contributed by atoms with E-state index in [0.717, 1.165) is 22.7 Å². The van der Waals surface area contributed by atoms with Crippen LogP contribution in [0.2, 0.25) is 0 Å². The molecule has 0 atom stereocenters. The van der Waals surface area contributed by atoms with Gasteiger partial charge in [-0.2, -0.15) is 0 Å². The van der Waals surface area contributed by atoms with Crippen molar-refractivity contribution in [3.63, 3.8) is 0 Å². The number of hydrogen-bond acceptors (Lipinski definition) is 1. The van der Waals surface area contributed by atoms with Crippen LogP contribution in [0.25, 0.3) is 60.5 Å². The van der Waals surface area contributed by atoms with Gasteiger partial charge in [0.25, 0.3) is 0 Å². The molecule has 0 aliphatic rings. The zero-order valence-electron chi connectivity index (χ0n) is 37.0. The molecular formula is C64H46N2Si. The smallest absolute Gasteiger partial charge is 0.179 e. The van der Waals surface area contributed by atoms with Gasteiger partial charge in [-0.15, -0.1) is 0 Å². The molecule has 0 saturated carbocycles. The minimum atomic E-state index is -2.71. The molecule has 12 aromatic rings. The largest absolute Gasteiger partial charge is 0.310 e. The van der Waals surface area contributed by atoms with Gasteiger partial charge in [0.15, 0.2) is 8.07 Å². The highest BCUT2D eigenvalue weighted by Gasteiger charge is 2.41. The van der Waals surface area contributed by atoms with Crippen LogP contribution in [-0.4, -0.2) is 12.6 Å². The molecule has 0 amide bonds. The second-order valence-electron chi connectivity index (χ2n) is 17.3. The van der Waals surface area contributed by atoms with Crippen LogP contribution in [0.4, 0.5) is 17.1 Å². The number of aromatic nitrogens is 1. The quantitative estimate of drug-likeness (QED) is 0.0982. The number of hydrogen-bond donors (Lipinski definition) is 0. The summed E-state index contributed by atoms with van der Waals surface area (Å²) in [4.78, 5) is 2.46. The van der Waals surface area contributed by atoms with Crippen molar-refractivity contribution in [1.82, 2.24) is 4.57 Å². The van der Waals surface area contributed by atoms with Crippen LogP contribution in [-0.2, 0) is 0 Å². The first-order chi connectivity index (χ1) is 33.2. The van der Waals surface area contributed by atoms with E-state index < -0.39 is 8.07 Å². The van der Waals surface area contributed by atoms with Gasteiger partial charge in [0, 0.05) is 27.8 Å². The average Bonchev–Trinajstić information content (AvgIpc) is 3.76. The van der Waals surface area contributed by atoms with E-state index in [0.29, 0.717) is 0 Å². The molecule has 67 heavy (non-hydrogen) atoms. The first-order valence-corrected chi connectivity index (χ1v) is 25.1. The fourth-order valence-electron chi connectivity index (χ4n) is 10.5. The third-order valence-electron chi connectivity index (χ3n) is 13.5. The van der Waals surface area contributed by atoms with Crippen LogP contribution >= 0.6 is 0 Å². The molecule has 0 saturated heterocycles. The number of nitrogens with zero attached hydrogens (tertiary/aromatic N) is 2. The lowest BCUT2D eigenvalue weighted by atomic mass is 10.00. The van der Waals surface area contributed by atoms with Gasteiger partial charge in [-0.25, -0.2) is 0 Å². The highest BCUT2D eigenvalue weighted by molar-refractivity contribution is 7.19. The Hall–Kier alpha value is -8.50. The number of para-hydroxylation sites is 2. The number of rotatable bonds is 10. The van der Waals surface area contributed by atoms with E-state index in [1.54, 1.807) is 0 Å². The van der Waals surface area contributed by atoms with Crippen molar-refractivity contribution in [2.24, 2.45) is 0 Å². The Morgan fingerprint density at radius 1 is 0.299 bits per heavy atom. The first-order valence-electron chi connectivity index (χ1n) is 23.1. The molecule has 1 aromatic heterocycles. The van der Waals surface area contributed by atoms with E-state index in [4.69, 9.17) is 0 Å². The monoisotopic (exact) mass is 870 g/mol. The van der Waals surface area contributed by atoms with Crippen LogP contribution in [0, 0.1) is 0 Å². The summed E-state index contributed by atoms with van der Waals surface area (Å²) < 4.78 is 2.40. The Morgan fingerprint density at radius 3 is 1.45 bits per heavy atom. The standard InChI is InChI=1S/C64H46N2Si/c1-6-20-47(21-7-1)51-37-36-49-40-43-55(45-52(49)44-51)65(62-34-19-35-63-64(62)60-32-16-17-33-61(60)66(63)53-23-8-2-9-24-53)54-41-38-48(39-42-54)50-22-18-31-59(46-50)67(56-25-10-3-11-26-56,57-27-12-4-13-28-57)58-29-14-5-15-30-58/h1-46H. The van der Waals surface area contributed by atoms with Gasteiger partial charge in [-0.1, -0.05) is 218 Å². The lowest BCUT2D eigenvalue weighted by Gasteiger charge is -2.34. The van der Waals surface area contributed by atoms with Crippen molar-refractivity contribution in [3.8, 4) is 27.9 Å². The second kappa shape index (κ2) is 17.1. The van der Waals surface area contributed by atoms with Crippen molar-refractivity contribution in [2.75, 3.05) is 4.90 Å². The fourth-order valence-corrected chi connectivity index (χ4v) is 15.2. The highest BCUT2D eigenvalue weighted by Crippen LogP contribution is 2.45. The van der Waals surface area contributed by atoms with Gasteiger partial charge in [0.05, 0.1) is 16.7 Å². The summed E-state index contributed by atoms with van der Waals surface area (Å²) in [6.45, 7) is 0. The Bertz CT molecular complexity index is 3570. The molecule has 3 heteroatoms. The molecule has 0 bridgehead atoms. The number of benzene rings is 11. The predicted octanol–water partition coefficient (Wildman–Crippen LogP) is 14.1. The summed E-state index contributed by atoms with van der Waals surface area (Å²) in [6, 6.07) is 103. The first kappa shape index (κ1) is 40.0. The van der Waals surface area contributed by atoms with Crippen molar-refractivity contribution in [2.45, 2.75) is 0 Å². The molecule has 0 N–H and O–H groups in total. The third-order valence-corrected chi connectivity index (χ3v) is 18.3. The summed E-state index contributed by atoms with van der Waals surface area (Å²) in [5.41, 5.74) is 11.6. The van der Waals surface area contributed by atoms with Gasteiger partial charge < -0.3 is 9.47 Å². The van der Waals surface area contributed by atoms with E-state index in [2.05, 4.69) is 289 Å². The average molecular weight is 871 g/mol. The lowest BCUT2D eigenvalue weighted by Crippen LogP contribution is -2.74. The summed E-state index contributed by atoms with van der Waals surface area (Å²) >= 11 is 0. The second-order valence-corrected chi connectivity index (χ2v) is 21.1. The summed E-state index contributed by atoms with van der Waals surface area (Å²) in [5.74, 6) is 0. The maximum Gasteiger partial charge on any atom is 0.179 e. The third kappa shape index (κ3) is 7.05. The molecule has 2 nitrogen and oxygen atoms in total. The van der Waals surface area contributed by atoms with Crippen LogP contribution < -0.4 is 25.6 Å². The van der Waals surface area contributed by atoms with Gasteiger partial charge in [0.2, 0.25) is 0 Å². The van der Waals surface area contributed by atoms with E-state index in [-0.39, 0.29) is 0 Å². The van der Waals surface area contributed by atoms with Crippen molar-refractivity contribution < 1.29 is 0 Å². The Balaban J connectivity index is 1.04. The normalized spacial score (nSPS) is 11.6. The van der Waals surface area contributed by atoms with Gasteiger partial charge in [-0.3, -0.25) is 0 Å². The maximum absolute atomic E-state index is 2.71. The molecule has 0 radical (unpaired) electrons. The Kier molecular flexibility index (Phi) is 10.2. The minimum Gasteiger partial charge on any atom is -0.310 e. The molecule has 0 unspecified atom stereocenters. The molecule has 0 aliphatic heterocycles. The van der Waals surface area contributed by atoms with E-state index in [1.165, 1.54) is 75.6 Å². The van der Waals surface area contributed by atoms with Gasteiger partial charge >= 0.3 is 0 Å². The van der Waals surface area contributed by atoms with Crippen molar-refractivity contribution in [1.29, 1.82) is 0 Å². The maximum atomic E-state index is 2.46. The van der Waals surface area contributed by atoms with Gasteiger partial charge in [0.1, 0.15) is 0 Å². The molecule has 11 aromatic carbocycles. The number of fused-ring (bicyclic) bond motifs is 4. The Labute approximate surface area is 392 Å². The van der Waals surface area contributed by atoms with E-state index in [1.807, 2.05) is 0 Å². The Morgan fingerprint density at radius 2 is 0.776 bits per heavy atom. The molecule has 0 spiro atoms. The van der Waals surface area contributed by atoms with E-state index in [9.17, 15) is 0 Å². The minimum absolute atomic E-state index is 1.09. The SMILES string of the molecule is c1ccc(-c2ccc3ccc(N(c4ccc(-c5cccc([Si](c6ccccc6)(c6ccccc6)c6ccccc6)c5)cc4)c4cccc5c4c4ccccc4n5-c4ccccc4)cc3c2)cc1. The van der Waals surface area contributed by atoms with Gasteiger partial charge in [-0.05, 0) is 114 Å². The lowest BCUT2D eigenvalue weighted by molar-refractivity contribution is 1.18. The fraction of sp³-hybridized carbons (Fsp3) is 0. The molecule has 1 heterocycles. The molecule has 316 valence electrons. The van der Waals surface area contributed by atoms with Crippen LogP contribution in [0.15, 0.2) is 279 Å².